The van der Waals surface area contributed by atoms with E-state index in [0.717, 1.165) is 28.5 Å². The van der Waals surface area contributed by atoms with Crippen LogP contribution in [0.25, 0.3) is 10.8 Å². The summed E-state index contributed by atoms with van der Waals surface area (Å²) in [6.45, 7) is 9.60. The van der Waals surface area contributed by atoms with Crippen molar-refractivity contribution in [3.05, 3.63) is 102 Å². The quantitative estimate of drug-likeness (QED) is 0.161. The minimum atomic E-state index is -2.72. The topological polar surface area (TPSA) is 115 Å². The molecule has 5 rings (SSSR count). The van der Waals surface area contributed by atoms with Crippen molar-refractivity contribution in [3.63, 3.8) is 0 Å². The standard InChI is InChI=1S/C35H38N5O4P/c1-35(2,3)23-21-28(33(43-4)30(22-23)45(5,6)42)39-34(41)38-27-15-16-29(26-13-8-7-12-25(26)27)44-32-18-20-37-31(40-32)17-14-24-11-9-10-19-36-24/h7-13,15-16,18-22H,14,17H2,1-6H3,(H2,38,39,41). The van der Waals surface area contributed by atoms with Crippen LogP contribution in [0, 0.1) is 0 Å². The SMILES string of the molecule is COc1c(NC(=O)Nc2ccc(Oc3ccnc(CCc4ccccn4)n3)c3ccccc23)cc(C(C)(C)C)cc1P(C)(C)=O. The summed E-state index contributed by atoms with van der Waals surface area (Å²) in [5.74, 6) is 2.07. The zero-order chi connectivity index (χ0) is 32.2. The molecule has 0 radical (unpaired) electrons. The van der Waals surface area contributed by atoms with Gasteiger partial charge in [-0.2, -0.15) is 4.98 Å². The highest BCUT2D eigenvalue weighted by Gasteiger charge is 2.26. The number of rotatable bonds is 9. The number of fused-ring (bicyclic) bond motifs is 1. The minimum absolute atomic E-state index is 0.237. The summed E-state index contributed by atoms with van der Waals surface area (Å²) in [7, 11) is -1.20. The van der Waals surface area contributed by atoms with Crippen LogP contribution in [-0.4, -0.2) is 41.4 Å². The molecule has 3 aromatic carbocycles. The molecule has 0 saturated heterocycles. The van der Waals surface area contributed by atoms with Gasteiger partial charge in [0.25, 0.3) is 0 Å². The Morgan fingerprint density at radius 2 is 1.58 bits per heavy atom. The van der Waals surface area contributed by atoms with Crippen LogP contribution in [0.2, 0.25) is 0 Å². The van der Waals surface area contributed by atoms with Gasteiger partial charge in [0, 0.05) is 41.3 Å². The van der Waals surface area contributed by atoms with Gasteiger partial charge in [-0.1, -0.05) is 51.1 Å². The maximum Gasteiger partial charge on any atom is 0.323 e. The van der Waals surface area contributed by atoms with Gasteiger partial charge in [0.15, 0.2) is 5.75 Å². The van der Waals surface area contributed by atoms with Crippen LogP contribution in [0.5, 0.6) is 17.4 Å². The Labute approximate surface area is 263 Å². The molecular formula is C35H38N5O4P. The molecule has 0 spiro atoms. The Morgan fingerprint density at radius 3 is 2.27 bits per heavy atom. The molecule has 0 aliphatic heterocycles. The van der Waals surface area contributed by atoms with Crippen LogP contribution < -0.4 is 25.4 Å². The number of nitrogens with zero attached hydrogens (tertiary/aromatic N) is 3. The molecule has 232 valence electrons. The summed E-state index contributed by atoms with van der Waals surface area (Å²) >= 11 is 0. The summed E-state index contributed by atoms with van der Waals surface area (Å²) in [4.78, 5) is 26.8. The number of methoxy groups -OCH3 is 1. The maximum atomic E-state index is 13.4. The highest BCUT2D eigenvalue weighted by molar-refractivity contribution is 7.70. The number of urea groups is 1. The third-order valence-corrected chi connectivity index (χ3v) is 8.82. The smallest absolute Gasteiger partial charge is 0.323 e. The van der Waals surface area contributed by atoms with Crippen LogP contribution >= 0.6 is 7.14 Å². The first-order chi connectivity index (χ1) is 21.4. The highest BCUT2D eigenvalue weighted by atomic mass is 31.2. The summed E-state index contributed by atoms with van der Waals surface area (Å²) in [6.07, 6.45) is 4.81. The lowest BCUT2D eigenvalue weighted by Gasteiger charge is -2.25. The van der Waals surface area contributed by atoms with E-state index in [2.05, 4.69) is 46.4 Å². The fraction of sp³-hybridized carbons (Fsp3) is 0.257. The van der Waals surface area contributed by atoms with E-state index in [-0.39, 0.29) is 5.41 Å². The van der Waals surface area contributed by atoms with Crippen LogP contribution in [0.4, 0.5) is 16.2 Å². The Hall–Kier alpha value is -4.75. The molecule has 2 amide bonds. The van der Waals surface area contributed by atoms with Crippen molar-refractivity contribution < 1.29 is 18.8 Å². The van der Waals surface area contributed by atoms with E-state index < -0.39 is 13.2 Å². The van der Waals surface area contributed by atoms with Gasteiger partial charge in [-0.25, -0.2) is 9.78 Å². The van der Waals surface area contributed by atoms with Crippen molar-refractivity contribution in [1.29, 1.82) is 0 Å². The molecule has 0 unspecified atom stereocenters. The van der Waals surface area contributed by atoms with E-state index in [1.807, 2.05) is 54.6 Å². The van der Waals surface area contributed by atoms with Gasteiger partial charge in [0.1, 0.15) is 18.7 Å². The van der Waals surface area contributed by atoms with Crippen molar-refractivity contribution >= 4 is 40.6 Å². The predicted octanol–water partition coefficient (Wildman–Crippen LogP) is 7.80. The van der Waals surface area contributed by atoms with Crippen molar-refractivity contribution in [2.24, 2.45) is 0 Å². The molecule has 0 aliphatic carbocycles. The second kappa shape index (κ2) is 13.1. The lowest BCUT2D eigenvalue weighted by atomic mass is 9.86. The second-order valence-corrected chi connectivity index (χ2v) is 15.3. The first kappa shape index (κ1) is 31.7. The number of anilines is 2. The zero-order valence-electron chi connectivity index (χ0n) is 26.4. The van der Waals surface area contributed by atoms with E-state index in [1.54, 1.807) is 43.9 Å². The van der Waals surface area contributed by atoms with E-state index >= 15 is 0 Å². The Bertz CT molecular complexity index is 1880. The third kappa shape index (κ3) is 7.67. The molecule has 0 saturated carbocycles. The molecule has 45 heavy (non-hydrogen) atoms. The largest absolute Gasteiger partial charge is 0.494 e. The Kier molecular flexibility index (Phi) is 9.21. The van der Waals surface area contributed by atoms with Crippen molar-refractivity contribution in [2.45, 2.75) is 39.0 Å². The number of hydrogen-bond acceptors (Lipinski definition) is 7. The third-order valence-electron chi connectivity index (χ3n) is 7.33. The number of benzene rings is 3. The van der Waals surface area contributed by atoms with Gasteiger partial charge in [0.2, 0.25) is 5.88 Å². The molecule has 0 bridgehead atoms. The fourth-order valence-corrected chi connectivity index (χ4v) is 6.11. The fourth-order valence-electron chi connectivity index (χ4n) is 4.96. The normalized spacial score (nSPS) is 11.7. The number of ether oxygens (including phenoxy) is 2. The average Bonchev–Trinajstić information content (AvgIpc) is 3.00. The molecule has 5 aromatic rings. The van der Waals surface area contributed by atoms with Crippen molar-refractivity contribution in [1.82, 2.24) is 15.0 Å². The second-order valence-electron chi connectivity index (χ2n) is 12.1. The number of amides is 2. The summed E-state index contributed by atoms with van der Waals surface area (Å²) in [6, 6.07) is 22.1. The summed E-state index contributed by atoms with van der Waals surface area (Å²) in [5, 5.41) is 8.09. The maximum absolute atomic E-state index is 13.4. The number of carbonyl (C=O) groups excluding carboxylic acids is 1. The molecule has 0 fully saturated rings. The molecule has 2 heterocycles. The van der Waals surface area contributed by atoms with Crippen LogP contribution in [0.3, 0.4) is 0 Å². The molecular weight excluding hydrogens is 585 g/mol. The van der Waals surface area contributed by atoms with Crippen molar-refractivity contribution in [3.8, 4) is 17.4 Å². The van der Waals surface area contributed by atoms with E-state index in [4.69, 9.17) is 9.47 Å². The zero-order valence-corrected chi connectivity index (χ0v) is 27.3. The lowest BCUT2D eigenvalue weighted by molar-refractivity contribution is 0.262. The monoisotopic (exact) mass is 623 g/mol. The number of carbonyl (C=O) groups is 1. The Balaban J connectivity index is 1.38. The van der Waals surface area contributed by atoms with Crippen molar-refractivity contribution in [2.75, 3.05) is 31.1 Å². The summed E-state index contributed by atoms with van der Waals surface area (Å²) in [5.41, 5.74) is 2.72. The summed E-state index contributed by atoms with van der Waals surface area (Å²) < 4.78 is 25.1. The van der Waals surface area contributed by atoms with Gasteiger partial charge in [-0.3, -0.25) is 4.98 Å². The molecule has 0 atom stereocenters. The number of hydrogen-bond donors (Lipinski definition) is 2. The van der Waals surface area contributed by atoms with Crippen LogP contribution in [-0.2, 0) is 22.8 Å². The number of aryl methyl sites for hydroxylation is 2. The first-order valence-corrected chi connectivity index (χ1v) is 17.3. The molecule has 0 aliphatic rings. The van der Waals surface area contributed by atoms with E-state index in [1.165, 1.54) is 7.11 Å². The van der Waals surface area contributed by atoms with Crippen LogP contribution in [0.15, 0.2) is 85.2 Å². The van der Waals surface area contributed by atoms with Gasteiger partial charge in [-0.05, 0) is 67.1 Å². The molecule has 2 N–H and O–H groups in total. The first-order valence-electron chi connectivity index (χ1n) is 14.7. The number of pyridine rings is 1. The average molecular weight is 624 g/mol. The van der Waals surface area contributed by atoms with E-state index in [0.29, 0.717) is 46.3 Å². The Morgan fingerprint density at radius 1 is 0.844 bits per heavy atom. The molecule has 10 heteroatoms. The van der Waals surface area contributed by atoms with Gasteiger partial charge in [-0.15, -0.1) is 0 Å². The van der Waals surface area contributed by atoms with E-state index in [9.17, 15) is 9.36 Å². The molecule has 9 nitrogen and oxygen atoms in total. The minimum Gasteiger partial charge on any atom is -0.494 e. The lowest BCUT2D eigenvalue weighted by Crippen LogP contribution is -2.23. The predicted molar refractivity (Wildman–Crippen MR) is 181 cm³/mol. The number of nitrogens with one attached hydrogen (secondary N) is 2. The van der Waals surface area contributed by atoms with Gasteiger partial charge < -0.3 is 24.7 Å². The highest BCUT2D eigenvalue weighted by Crippen LogP contribution is 2.43. The van der Waals surface area contributed by atoms with Gasteiger partial charge >= 0.3 is 6.03 Å². The molecule has 2 aromatic heterocycles. The number of aromatic nitrogens is 3. The van der Waals surface area contributed by atoms with Crippen LogP contribution in [0.1, 0.15) is 37.9 Å². The van der Waals surface area contributed by atoms with Gasteiger partial charge in [0.05, 0.1) is 23.8 Å².